The van der Waals surface area contributed by atoms with Crippen LogP contribution in [0, 0.1) is 0 Å². The van der Waals surface area contributed by atoms with Gasteiger partial charge in [0, 0.05) is 0 Å². The SMILES string of the molecule is CC(C)(C)OC(=O)C(N)c1cccc(-c2ccc(CO)cc2)c1. The molecule has 1 unspecified atom stereocenters. The molecule has 0 amide bonds. The van der Waals surface area contributed by atoms with E-state index in [0.29, 0.717) is 5.56 Å². The molecule has 4 heteroatoms. The van der Waals surface area contributed by atoms with Gasteiger partial charge in [0.2, 0.25) is 0 Å². The predicted molar refractivity (Wildman–Crippen MR) is 90.6 cm³/mol. The average molecular weight is 313 g/mol. The number of hydrogen-bond acceptors (Lipinski definition) is 4. The molecule has 0 radical (unpaired) electrons. The predicted octanol–water partition coefficient (Wildman–Crippen LogP) is 3.19. The summed E-state index contributed by atoms with van der Waals surface area (Å²) in [5.41, 5.74) is 9.00. The maximum atomic E-state index is 12.1. The second kappa shape index (κ2) is 6.94. The van der Waals surface area contributed by atoms with Crippen LogP contribution in [0.5, 0.6) is 0 Å². The van der Waals surface area contributed by atoms with Crippen molar-refractivity contribution in [1.82, 2.24) is 0 Å². The number of carbonyl (C=O) groups excluding carboxylic acids is 1. The number of ether oxygens (including phenoxy) is 1. The minimum atomic E-state index is -0.814. The average Bonchev–Trinajstić information content (AvgIpc) is 2.52. The Hall–Kier alpha value is -2.17. The molecule has 2 aromatic rings. The molecule has 3 N–H and O–H groups in total. The van der Waals surface area contributed by atoms with E-state index in [1.807, 2.05) is 69.3 Å². The molecule has 0 saturated heterocycles. The van der Waals surface area contributed by atoms with Crippen LogP contribution in [-0.2, 0) is 16.1 Å². The first-order valence-corrected chi connectivity index (χ1v) is 7.59. The lowest BCUT2D eigenvalue weighted by atomic mass is 9.99. The molecule has 0 bridgehead atoms. The Balaban J connectivity index is 2.23. The number of aliphatic hydroxyl groups excluding tert-OH is 1. The van der Waals surface area contributed by atoms with E-state index >= 15 is 0 Å². The number of esters is 1. The van der Waals surface area contributed by atoms with Gasteiger partial charge in [0.05, 0.1) is 6.61 Å². The normalized spacial score (nSPS) is 12.7. The lowest BCUT2D eigenvalue weighted by Crippen LogP contribution is -2.31. The van der Waals surface area contributed by atoms with Crippen molar-refractivity contribution >= 4 is 5.97 Å². The lowest BCUT2D eigenvalue weighted by molar-refractivity contribution is -0.156. The van der Waals surface area contributed by atoms with Crippen LogP contribution in [0.3, 0.4) is 0 Å². The van der Waals surface area contributed by atoms with Gasteiger partial charge in [-0.1, -0.05) is 42.5 Å². The highest BCUT2D eigenvalue weighted by molar-refractivity contribution is 5.78. The first kappa shape index (κ1) is 17.2. The van der Waals surface area contributed by atoms with Crippen molar-refractivity contribution in [2.24, 2.45) is 5.73 Å². The molecule has 0 aliphatic rings. The molecule has 0 spiro atoms. The number of rotatable bonds is 4. The summed E-state index contributed by atoms with van der Waals surface area (Å²) in [5, 5.41) is 9.10. The maximum Gasteiger partial charge on any atom is 0.328 e. The van der Waals surface area contributed by atoms with Gasteiger partial charge in [0.25, 0.3) is 0 Å². The second-order valence-electron chi connectivity index (χ2n) is 6.49. The van der Waals surface area contributed by atoms with Crippen molar-refractivity contribution in [3.05, 3.63) is 59.7 Å². The molecule has 2 rings (SSSR count). The van der Waals surface area contributed by atoms with Crippen molar-refractivity contribution < 1.29 is 14.6 Å². The molecule has 0 saturated carbocycles. The van der Waals surface area contributed by atoms with Gasteiger partial charge >= 0.3 is 5.97 Å². The molecule has 0 fully saturated rings. The van der Waals surface area contributed by atoms with Crippen LogP contribution in [0.4, 0.5) is 0 Å². The first-order valence-electron chi connectivity index (χ1n) is 7.59. The van der Waals surface area contributed by atoms with Gasteiger partial charge in [0.1, 0.15) is 11.6 Å². The Morgan fingerprint density at radius 3 is 2.35 bits per heavy atom. The van der Waals surface area contributed by atoms with Crippen molar-refractivity contribution in [1.29, 1.82) is 0 Å². The molecule has 0 aliphatic carbocycles. The summed E-state index contributed by atoms with van der Waals surface area (Å²) in [4.78, 5) is 12.1. The monoisotopic (exact) mass is 313 g/mol. The standard InChI is InChI=1S/C19H23NO3/c1-19(2,3)23-18(22)17(20)16-6-4-5-15(11-16)14-9-7-13(12-21)8-10-14/h4-11,17,21H,12,20H2,1-3H3. The van der Waals surface area contributed by atoms with Gasteiger partial charge in [-0.2, -0.15) is 0 Å². The van der Waals surface area contributed by atoms with Crippen LogP contribution >= 0.6 is 0 Å². The Bertz CT molecular complexity index is 672. The quantitative estimate of drug-likeness (QED) is 0.850. The third kappa shape index (κ3) is 4.65. The van der Waals surface area contributed by atoms with Crippen molar-refractivity contribution in [2.45, 2.75) is 39.0 Å². The van der Waals surface area contributed by atoms with E-state index in [1.165, 1.54) is 0 Å². The van der Waals surface area contributed by atoms with Crippen LogP contribution in [0.25, 0.3) is 11.1 Å². The zero-order chi connectivity index (χ0) is 17.0. The smallest absolute Gasteiger partial charge is 0.328 e. The highest BCUT2D eigenvalue weighted by Crippen LogP contribution is 2.24. The molecule has 0 aliphatic heterocycles. The summed E-state index contributed by atoms with van der Waals surface area (Å²) in [6.07, 6.45) is 0. The first-order chi connectivity index (χ1) is 10.8. The summed E-state index contributed by atoms with van der Waals surface area (Å²) in [7, 11) is 0. The number of hydrogen-bond donors (Lipinski definition) is 2. The zero-order valence-electron chi connectivity index (χ0n) is 13.7. The molecule has 122 valence electrons. The Morgan fingerprint density at radius 1 is 1.13 bits per heavy atom. The molecule has 0 heterocycles. The van der Waals surface area contributed by atoms with Crippen molar-refractivity contribution in [3.8, 4) is 11.1 Å². The highest BCUT2D eigenvalue weighted by atomic mass is 16.6. The lowest BCUT2D eigenvalue weighted by Gasteiger charge is -2.22. The van der Waals surface area contributed by atoms with Gasteiger partial charge in [-0.25, -0.2) is 4.79 Å². The van der Waals surface area contributed by atoms with E-state index in [0.717, 1.165) is 16.7 Å². The van der Waals surface area contributed by atoms with E-state index in [9.17, 15) is 4.79 Å². The van der Waals surface area contributed by atoms with Gasteiger partial charge in [-0.15, -0.1) is 0 Å². The minimum Gasteiger partial charge on any atom is -0.459 e. The molecular formula is C19H23NO3. The Labute approximate surface area is 136 Å². The van der Waals surface area contributed by atoms with E-state index in [1.54, 1.807) is 0 Å². The minimum absolute atomic E-state index is 0.0177. The summed E-state index contributed by atoms with van der Waals surface area (Å²) < 4.78 is 5.34. The molecule has 0 aromatic heterocycles. The number of benzene rings is 2. The number of aliphatic hydroxyl groups is 1. The Morgan fingerprint density at radius 2 is 1.78 bits per heavy atom. The van der Waals surface area contributed by atoms with Crippen LogP contribution in [0.1, 0.15) is 37.9 Å². The van der Waals surface area contributed by atoms with E-state index in [2.05, 4.69) is 0 Å². The second-order valence-corrected chi connectivity index (χ2v) is 6.49. The third-order valence-electron chi connectivity index (χ3n) is 3.38. The Kier molecular flexibility index (Phi) is 5.19. The van der Waals surface area contributed by atoms with E-state index < -0.39 is 17.6 Å². The van der Waals surface area contributed by atoms with Gasteiger partial charge < -0.3 is 15.6 Å². The van der Waals surface area contributed by atoms with Gasteiger partial charge in [-0.3, -0.25) is 0 Å². The highest BCUT2D eigenvalue weighted by Gasteiger charge is 2.23. The van der Waals surface area contributed by atoms with Crippen LogP contribution < -0.4 is 5.73 Å². The molecule has 4 nitrogen and oxygen atoms in total. The van der Waals surface area contributed by atoms with Gasteiger partial charge in [0.15, 0.2) is 0 Å². The summed E-state index contributed by atoms with van der Waals surface area (Å²) in [5.74, 6) is -0.440. The molecule has 23 heavy (non-hydrogen) atoms. The largest absolute Gasteiger partial charge is 0.459 e. The van der Waals surface area contributed by atoms with Crippen LogP contribution in [0.15, 0.2) is 48.5 Å². The fourth-order valence-corrected chi connectivity index (χ4v) is 2.22. The van der Waals surface area contributed by atoms with Crippen LogP contribution in [0.2, 0.25) is 0 Å². The fourth-order valence-electron chi connectivity index (χ4n) is 2.22. The summed E-state index contributed by atoms with van der Waals surface area (Å²) in [6.45, 7) is 5.47. The topological polar surface area (TPSA) is 72.5 Å². The number of nitrogens with two attached hydrogens (primary N) is 1. The zero-order valence-corrected chi connectivity index (χ0v) is 13.7. The van der Waals surface area contributed by atoms with Crippen molar-refractivity contribution in [3.63, 3.8) is 0 Å². The molecule has 1 atom stereocenters. The van der Waals surface area contributed by atoms with Gasteiger partial charge in [-0.05, 0) is 49.1 Å². The third-order valence-corrected chi connectivity index (χ3v) is 3.38. The molecule has 2 aromatic carbocycles. The summed E-state index contributed by atoms with van der Waals surface area (Å²) >= 11 is 0. The van der Waals surface area contributed by atoms with Crippen molar-refractivity contribution in [2.75, 3.05) is 0 Å². The fraction of sp³-hybridized carbons (Fsp3) is 0.316. The molecular weight excluding hydrogens is 290 g/mol. The van der Waals surface area contributed by atoms with Crippen LogP contribution in [-0.4, -0.2) is 16.7 Å². The van der Waals surface area contributed by atoms with E-state index in [-0.39, 0.29) is 6.61 Å². The maximum absolute atomic E-state index is 12.1. The summed E-state index contributed by atoms with van der Waals surface area (Å²) in [6, 6.07) is 14.3. The van der Waals surface area contributed by atoms with E-state index in [4.69, 9.17) is 15.6 Å². The number of carbonyl (C=O) groups is 1.